The van der Waals surface area contributed by atoms with Gasteiger partial charge in [-0.2, -0.15) is 5.10 Å². The molecule has 0 aromatic carbocycles. The van der Waals surface area contributed by atoms with Gasteiger partial charge in [0.2, 0.25) is 0 Å². The van der Waals surface area contributed by atoms with Gasteiger partial charge in [0.1, 0.15) is 5.76 Å². The van der Waals surface area contributed by atoms with Crippen LogP contribution in [-0.4, -0.2) is 32.3 Å². The van der Waals surface area contributed by atoms with Crippen LogP contribution in [0.15, 0.2) is 23.0 Å². The van der Waals surface area contributed by atoms with E-state index >= 15 is 0 Å². The second-order valence-corrected chi connectivity index (χ2v) is 5.99. The minimum absolute atomic E-state index is 0.0306. The average Bonchev–Trinajstić information content (AvgIpc) is 2.94. The first-order chi connectivity index (χ1) is 10.2. The van der Waals surface area contributed by atoms with Crippen LogP contribution in [0.1, 0.15) is 59.5 Å². The Kier molecular flexibility index (Phi) is 2.83. The predicted octanol–water partition coefficient (Wildman–Crippen LogP) is 2.26. The van der Waals surface area contributed by atoms with E-state index in [-0.39, 0.29) is 11.9 Å². The predicted molar refractivity (Wildman–Crippen MR) is 74.7 cm³/mol. The zero-order chi connectivity index (χ0) is 14.4. The molecular formula is C15H18N4O2. The molecule has 0 unspecified atom stereocenters. The molecular weight excluding hydrogens is 268 g/mol. The zero-order valence-electron chi connectivity index (χ0n) is 12.0. The minimum Gasteiger partial charge on any atom is -0.360 e. The van der Waals surface area contributed by atoms with E-state index in [9.17, 15) is 4.79 Å². The molecule has 2 aromatic rings. The minimum atomic E-state index is -0.0306. The van der Waals surface area contributed by atoms with Gasteiger partial charge in [-0.3, -0.25) is 9.48 Å². The van der Waals surface area contributed by atoms with Crippen LogP contribution in [0.2, 0.25) is 0 Å². The summed E-state index contributed by atoms with van der Waals surface area (Å²) in [5.41, 5.74) is 1.53. The van der Waals surface area contributed by atoms with Gasteiger partial charge in [0.05, 0.1) is 12.2 Å². The second kappa shape index (κ2) is 4.72. The first-order valence-corrected chi connectivity index (χ1v) is 7.48. The molecule has 6 nitrogen and oxygen atoms in total. The lowest BCUT2D eigenvalue weighted by Gasteiger charge is -2.22. The van der Waals surface area contributed by atoms with Gasteiger partial charge in [-0.1, -0.05) is 5.16 Å². The quantitative estimate of drug-likeness (QED) is 0.868. The maximum atomic E-state index is 12.7. The van der Waals surface area contributed by atoms with Crippen molar-refractivity contribution in [3.05, 3.63) is 35.5 Å². The van der Waals surface area contributed by atoms with Crippen LogP contribution in [0.25, 0.3) is 0 Å². The average molecular weight is 286 g/mol. The molecule has 110 valence electrons. The van der Waals surface area contributed by atoms with Crippen molar-refractivity contribution < 1.29 is 9.32 Å². The molecule has 1 aliphatic carbocycles. The third-order valence-corrected chi connectivity index (χ3v) is 4.35. The molecule has 21 heavy (non-hydrogen) atoms. The van der Waals surface area contributed by atoms with Gasteiger partial charge in [0.25, 0.3) is 5.91 Å². The lowest BCUT2D eigenvalue weighted by atomic mass is 10.1. The van der Waals surface area contributed by atoms with E-state index in [2.05, 4.69) is 10.3 Å². The topological polar surface area (TPSA) is 64.2 Å². The monoisotopic (exact) mass is 286 g/mol. The number of hydrogen-bond acceptors (Lipinski definition) is 4. The van der Waals surface area contributed by atoms with E-state index < -0.39 is 0 Å². The van der Waals surface area contributed by atoms with Crippen LogP contribution in [-0.2, 0) is 7.05 Å². The van der Waals surface area contributed by atoms with Gasteiger partial charge in [0, 0.05) is 37.3 Å². The molecule has 0 spiro atoms. The van der Waals surface area contributed by atoms with Crippen molar-refractivity contribution in [2.75, 3.05) is 6.54 Å². The number of carbonyl (C=O) groups is 1. The summed E-state index contributed by atoms with van der Waals surface area (Å²) in [6, 6.07) is 1.92. The molecule has 1 atom stereocenters. The molecule has 2 aromatic heterocycles. The molecule has 3 heterocycles. The zero-order valence-corrected chi connectivity index (χ0v) is 12.0. The number of likely N-dealkylation sites (tertiary alicyclic amines) is 1. The Morgan fingerprint density at radius 2 is 2.24 bits per heavy atom. The summed E-state index contributed by atoms with van der Waals surface area (Å²) < 4.78 is 7.08. The summed E-state index contributed by atoms with van der Waals surface area (Å²) in [4.78, 5) is 14.6. The molecule has 0 radical (unpaired) electrons. The van der Waals surface area contributed by atoms with Gasteiger partial charge >= 0.3 is 0 Å². The standard InChI is InChI=1S/C15H18N4O2/c1-18-9-11(8-16-18)13-3-2-6-19(13)15(20)12-7-14(21-17-12)10-4-5-10/h7-10,13H,2-6H2,1H3/t13-/m1/s1. The lowest BCUT2D eigenvalue weighted by molar-refractivity contribution is 0.0725. The molecule has 1 amide bonds. The van der Waals surface area contributed by atoms with Crippen molar-refractivity contribution >= 4 is 5.91 Å². The van der Waals surface area contributed by atoms with E-state index in [1.165, 1.54) is 0 Å². The Balaban J connectivity index is 1.56. The van der Waals surface area contributed by atoms with E-state index in [0.717, 1.165) is 43.6 Å². The Morgan fingerprint density at radius 3 is 2.95 bits per heavy atom. The Hall–Kier alpha value is -2.11. The van der Waals surface area contributed by atoms with Crippen LogP contribution in [0.5, 0.6) is 0 Å². The highest BCUT2D eigenvalue weighted by molar-refractivity contribution is 5.92. The molecule has 1 saturated carbocycles. The van der Waals surface area contributed by atoms with Crippen molar-refractivity contribution in [2.24, 2.45) is 7.05 Å². The highest BCUT2D eigenvalue weighted by Gasteiger charge is 2.34. The van der Waals surface area contributed by atoms with E-state index in [1.54, 1.807) is 4.68 Å². The second-order valence-electron chi connectivity index (χ2n) is 5.99. The van der Waals surface area contributed by atoms with E-state index in [1.807, 2.05) is 30.4 Å². The first-order valence-electron chi connectivity index (χ1n) is 7.48. The lowest BCUT2D eigenvalue weighted by Crippen LogP contribution is -2.30. The number of amides is 1. The number of nitrogens with zero attached hydrogens (tertiary/aromatic N) is 4. The molecule has 4 rings (SSSR count). The van der Waals surface area contributed by atoms with Gasteiger partial charge in [-0.25, -0.2) is 0 Å². The third kappa shape index (κ3) is 2.24. The maximum absolute atomic E-state index is 12.7. The van der Waals surface area contributed by atoms with Crippen LogP contribution in [0, 0.1) is 0 Å². The number of aromatic nitrogens is 3. The molecule has 2 fully saturated rings. The number of aryl methyl sites for hydroxylation is 1. The highest BCUT2D eigenvalue weighted by Crippen LogP contribution is 2.40. The summed E-state index contributed by atoms with van der Waals surface area (Å²) in [5, 5.41) is 8.18. The molecule has 1 aliphatic heterocycles. The summed E-state index contributed by atoms with van der Waals surface area (Å²) in [6.45, 7) is 0.768. The number of rotatable bonds is 3. The van der Waals surface area contributed by atoms with Crippen molar-refractivity contribution in [2.45, 2.75) is 37.6 Å². The molecule has 2 aliphatic rings. The SMILES string of the molecule is Cn1cc([C@H]2CCCN2C(=O)c2cc(C3CC3)on2)cn1. The summed E-state index contributed by atoms with van der Waals surface area (Å²) >= 11 is 0. The van der Waals surface area contributed by atoms with Gasteiger partial charge in [-0.05, 0) is 25.7 Å². The van der Waals surface area contributed by atoms with Crippen LogP contribution in [0.3, 0.4) is 0 Å². The van der Waals surface area contributed by atoms with Crippen LogP contribution >= 0.6 is 0 Å². The van der Waals surface area contributed by atoms with Gasteiger partial charge in [-0.15, -0.1) is 0 Å². The summed E-state index contributed by atoms with van der Waals surface area (Å²) in [6.07, 6.45) is 8.10. The Morgan fingerprint density at radius 1 is 1.38 bits per heavy atom. The summed E-state index contributed by atoms with van der Waals surface area (Å²) in [7, 11) is 1.89. The molecule has 1 saturated heterocycles. The van der Waals surface area contributed by atoms with E-state index in [4.69, 9.17) is 4.52 Å². The van der Waals surface area contributed by atoms with Crippen molar-refractivity contribution in [3.8, 4) is 0 Å². The Labute approximate surface area is 122 Å². The molecule has 0 N–H and O–H groups in total. The molecule has 0 bridgehead atoms. The molecule has 6 heteroatoms. The van der Waals surface area contributed by atoms with Crippen LogP contribution < -0.4 is 0 Å². The van der Waals surface area contributed by atoms with Gasteiger partial charge < -0.3 is 9.42 Å². The van der Waals surface area contributed by atoms with Crippen molar-refractivity contribution in [3.63, 3.8) is 0 Å². The smallest absolute Gasteiger partial charge is 0.276 e. The Bertz CT molecular complexity index is 671. The van der Waals surface area contributed by atoms with Crippen molar-refractivity contribution in [1.82, 2.24) is 19.8 Å². The van der Waals surface area contributed by atoms with Crippen LogP contribution in [0.4, 0.5) is 0 Å². The van der Waals surface area contributed by atoms with Crippen molar-refractivity contribution in [1.29, 1.82) is 0 Å². The largest absolute Gasteiger partial charge is 0.360 e. The fourth-order valence-corrected chi connectivity index (χ4v) is 3.07. The summed E-state index contributed by atoms with van der Waals surface area (Å²) in [5.74, 6) is 1.30. The van der Waals surface area contributed by atoms with Gasteiger partial charge in [0.15, 0.2) is 5.69 Å². The highest BCUT2D eigenvalue weighted by atomic mass is 16.5. The van der Waals surface area contributed by atoms with E-state index in [0.29, 0.717) is 11.6 Å². The third-order valence-electron chi connectivity index (χ3n) is 4.35. The normalized spacial score (nSPS) is 22.0. The fraction of sp³-hybridized carbons (Fsp3) is 0.533. The number of carbonyl (C=O) groups excluding carboxylic acids is 1. The maximum Gasteiger partial charge on any atom is 0.276 e. The first kappa shape index (κ1) is 12.6. The number of hydrogen-bond donors (Lipinski definition) is 0. The fourth-order valence-electron chi connectivity index (χ4n) is 3.07.